The van der Waals surface area contributed by atoms with Crippen molar-refractivity contribution < 1.29 is 9.13 Å². The molecule has 0 amide bonds. The number of hydrogen-bond acceptors (Lipinski definition) is 3. The van der Waals surface area contributed by atoms with Crippen LogP contribution < -0.4 is 16.0 Å². The van der Waals surface area contributed by atoms with E-state index in [9.17, 15) is 9.18 Å². The van der Waals surface area contributed by atoms with Crippen molar-refractivity contribution in [3.05, 3.63) is 111 Å². The molecule has 3 N–H and O–H groups in total. The number of H-pyrrole nitrogens is 1. The van der Waals surface area contributed by atoms with Crippen molar-refractivity contribution in [3.63, 3.8) is 0 Å². The monoisotopic (exact) mass is 456 g/mol. The lowest BCUT2D eigenvalue weighted by molar-refractivity contribution is 0.117. The van der Waals surface area contributed by atoms with Crippen molar-refractivity contribution in [1.82, 2.24) is 4.98 Å². The van der Waals surface area contributed by atoms with Crippen LogP contribution in [0.4, 0.5) is 4.39 Å². The number of aromatic nitrogens is 1. The van der Waals surface area contributed by atoms with Gasteiger partial charge < -0.3 is 15.5 Å². The third-order valence-electron chi connectivity index (χ3n) is 7.06. The standard InChI is InChI=1S/C29H29FN2O2/c1-19-15-26-25(21(18-32-28(26)33)16-20-5-3-2-4-6-20)17-27(19)34-24-11-13-29(31,14-12-24)22-7-9-23(30)10-8-22/h2-10,15,17-18,24H,11-14,16,31H2,1H3,(H,32,33)/t24-,29+. The highest BCUT2D eigenvalue weighted by Crippen LogP contribution is 2.37. The van der Waals surface area contributed by atoms with Gasteiger partial charge in [-0.3, -0.25) is 4.79 Å². The van der Waals surface area contributed by atoms with Crippen molar-refractivity contribution in [2.75, 3.05) is 0 Å². The topological polar surface area (TPSA) is 68.1 Å². The van der Waals surface area contributed by atoms with Crippen LogP contribution in [0.1, 0.15) is 47.9 Å². The number of nitrogens with one attached hydrogen (secondary N) is 1. The predicted molar refractivity (Wildman–Crippen MR) is 134 cm³/mol. The molecule has 5 rings (SSSR count). The summed E-state index contributed by atoms with van der Waals surface area (Å²) in [5.74, 6) is 0.560. The zero-order chi connectivity index (χ0) is 23.7. The van der Waals surface area contributed by atoms with Crippen LogP contribution in [-0.4, -0.2) is 11.1 Å². The van der Waals surface area contributed by atoms with Gasteiger partial charge in [0.1, 0.15) is 11.6 Å². The molecule has 1 saturated carbocycles. The van der Waals surface area contributed by atoms with E-state index in [-0.39, 0.29) is 17.5 Å². The second kappa shape index (κ2) is 9.07. The van der Waals surface area contributed by atoms with Gasteiger partial charge in [0.15, 0.2) is 0 Å². The number of halogens is 1. The molecular weight excluding hydrogens is 427 g/mol. The van der Waals surface area contributed by atoms with Gasteiger partial charge in [-0.25, -0.2) is 4.39 Å². The summed E-state index contributed by atoms with van der Waals surface area (Å²) in [6, 6.07) is 20.7. The molecule has 0 unspecified atom stereocenters. The molecular formula is C29H29FN2O2. The largest absolute Gasteiger partial charge is 0.490 e. The highest BCUT2D eigenvalue weighted by molar-refractivity contribution is 5.87. The highest BCUT2D eigenvalue weighted by atomic mass is 19.1. The summed E-state index contributed by atoms with van der Waals surface area (Å²) in [7, 11) is 0. The molecule has 174 valence electrons. The number of rotatable bonds is 5. The van der Waals surface area contributed by atoms with E-state index in [1.165, 1.54) is 17.7 Å². The van der Waals surface area contributed by atoms with Crippen LogP contribution >= 0.6 is 0 Å². The van der Waals surface area contributed by atoms with Crippen molar-refractivity contribution in [2.45, 2.75) is 50.7 Å². The number of benzene rings is 3. The second-order valence-electron chi connectivity index (χ2n) is 9.45. The third-order valence-corrected chi connectivity index (χ3v) is 7.06. The van der Waals surface area contributed by atoms with Crippen molar-refractivity contribution in [2.24, 2.45) is 5.73 Å². The van der Waals surface area contributed by atoms with Gasteiger partial charge >= 0.3 is 0 Å². The summed E-state index contributed by atoms with van der Waals surface area (Å²) >= 11 is 0. The normalized spacial score (nSPS) is 20.4. The summed E-state index contributed by atoms with van der Waals surface area (Å²) in [5, 5.41) is 1.60. The van der Waals surface area contributed by atoms with E-state index in [2.05, 4.69) is 17.1 Å². The summed E-state index contributed by atoms with van der Waals surface area (Å²) < 4.78 is 19.8. The average Bonchev–Trinajstić information content (AvgIpc) is 2.84. The summed E-state index contributed by atoms with van der Waals surface area (Å²) in [6.45, 7) is 1.98. The van der Waals surface area contributed by atoms with Crippen LogP contribution in [0.25, 0.3) is 10.8 Å². The maximum Gasteiger partial charge on any atom is 0.255 e. The maximum absolute atomic E-state index is 13.3. The molecule has 4 nitrogen and oxygen atoms in total. The van der Waals surface area contributed by atoms with Crippen LogP contribution in [-0.2, 0) is 12.0 Å². The zero-order valence-corrected chi connectivity index (χ0v) is 19.3. The second-order valence-corrected chi connectivity index (χ2v) is 9.45. The van der Waals surface area contributed by atoms with Crippen molar-refractivity contribution >= 4 is 10.8 Å². The summed E-state index contributed by atoms with van der Waals surface area (Å²) in [5.41, 5.74) is 10.3. The molecule has 34 heavy (non-hydrogen) atoms. The van der Waals surface area contributed by atoms with Gasteiger partial charge in [0, 0.05) is 17.1 Å². The molecule has 0 spiro atoms. The van der Waals surface area contributed by atoms with Gasteiger partial charge in [0.2, 0.25) is 0 Å². The average molecular weight is 457 g/mol. The van der Waals surface area contributed by atoms with E-state index in [0.29, 0.717) is 5.39 Å². The summed E-state index contributed by atoms with van der Waals surface area (Å²) in [6.07, 6.45) is 5.77. The first-order chi connectivity index (χ1) is 16.4. The molecule has 1 fully saturated rings. The van der Waals surface area contributed by atoms with Crippen LogP contribution in [0.5, 0.6) is 5.75 Å². The maximum atomic E-state index is 13.3. The molecule has 1 aliphatic rings. The van der Waals surface area contributed by atoms with E-state index >= 15 is 0 Å². The van der Waals surface area contributed by atoms with E-state index in [1.54, 1.807) is 12.1 Å². The van der Waals surface area contributed by atoms with Crippen molar-refractivity contribution in [1.29, 1.82) is 0 Å². The number of hydrogen-bond donors (Lipinski definition) is 2. The number of fused-ring (bicyclic) bond motifs is 1. The van der Waals surface area contributed by atoms with Gasteiger partial charge in [-0.2, -0.15) is 0 Å². The van der Waals surface area contributed by atoms with Gasteiger partial charge in [-0.1, -0.05) is 42.5 Å². The Morgan fingerprint density at radius 2 is 1.74 bits per heavy atom. The summed E-state index contributed by atoms with van der Waals surface area (Å²) in [4.78, 5) is 15.4. The fourth-order valence-electron chi connectivity index (χ4n) is 5.01. The first-order valence-electron chi connectivity index (χ1n) is 11.8. The molecule has 0 radical (unpaired) electrons. The fourth-order valence-corrected chi connectivity index (χ4v) is 5.01. The minimum atomic E-state index is -0.456. The predicted octanol–water partition coefficient (Wildman–Crippen LogP) is 5.74. The fraction of sp³-hybridized carbons (Fsp3) is 0.276. The third kappa shape index (κ3) is 4.48. The Bertz CT molecular complexity index is 1360. The Morgan fingerprint density at radius 1 is 1.03 bits per heavy atom. The number of nitrogens with two attached hydrogens (primary N) is 1. The highest BCUT2D eigenvalue weighted by Gasteiger charge is 2.34. The van der Waals surface area contributed by atoms with Gasteiger partial charge in [0.05, 0.1) is 6.10 Å². The molecule has 4 aromatic rings. The minimum Gasteiger partial charge on any atom is -0.490 e. The van der Waals surface area contributed by atoms with E-state index < -0.39 is 5.54 Å². The van der Waals surface area contributed by atoms with E-state index in [4.69, 9.17) is 10.5 Å². The Labute approximate surface area is 198 Å². The van der Waals surface area contributed by atoms with E-state index in [1.807, 2.05) is 43.5 Å². The van der Waals surface area contributed by atoms with Crippen LogP contribution in [0.3, 0.4) is 0 Å². The molecule has 0 saturated heterocycles. The molecule has 3 aromatic carbocycles. The van der Waals surface area contributed by atoms with Gasteiger partial charge in [0.25, 0.3) is 5.56 Å². The minimum absolute atomic E-state index is 0.0489. The van der Waals surface area contributed by atoms with Crippen LogP contribution in [0, 0.1) is 12.7 Å². The number of pyridine rings is 1. The lowest BCUT2D eigenvalue weighted by Crippen LogP contribution is -2.42. The smallest absolute Gasteiger partial charge is 0.255 e. The number of aromatic amines is 1. The van der Waals surface area contributed by atoms with Crippen LogP contribution in [0.2, 0.25) is 0 Å². The van der Waals surface area contributed by atoms with Gasteiger partial charge in [-0.15, -0.1) is 0 Å². The first kappa shape index (κ1) is 22.4. The van der Waals surface area contributed by atoms with E-state index in [0.717, 1.165) is 59.9 Å². The quantitative estimate of drug-likeness (QED) is 0.402. The Morgan fingerprint density at radius 3 is 2.44 bits per heavy atom. The molecule has 5 heteroatoms. The zero-order valence-electron chi connectivity index (χ0n) is 19.3. The Hall–Kier alpha value is -3.44. The first-order valence-corrected chi connectivity index (χ1v) is 11.8. The molecule has 0 atom stereocenters. The number of ether oxygens (including phenoxy) is 1. The SMILES string of the molecule is Cc1cc2c(=O)[nH]cc(Cc3ccccc3)c2cc1O[C@H]1CC[C@](N)(c2ccc(F)cc2)CC1. The molecule has 1 aromatic heterocycles. The molecule has 0 bridgehead atoms. The Balaban J connectivity index is 1.38. The molecule has 0 aliphatic heterocycles. The lowest BCUT2D eigenvalue weighted by Gasteiger charge is -2.37. The molecule has 1 heterocycles. The number of aryl methyl sites for hydroxylation is 1. The lowest BCUT2D eigenvalue weighted by atomic mass is 9.76. The van der Waals surface area contributed by atoms with Crippen molar-refractivity contribution in [3.8, 4) is 5.75 Å². The molecule has 1 aliphatic carbocycles. The Kier molecular flexibility index (Phi) is 5.96. The van der Waals surface area contributed by atoms with Gasteiger partial charge in [-0.05, 0) is 90.9 Å². The van der Waals surface area contributed by atoms with Crippen LogP contribution in [0.15, 0.2) is 77.7 Å².